The van der Waals surface area contributed by atoms with E-state index in [4.69, 9.17) is 5.73 Å². The van der Waals surface area contributed by atoms with Crippen molar-refractivity contribution in [3.8, 4) is 11.3 Å². The van der Waals surface area contributed by atoms with Crippen LogP contribution in [0.25, 0.3) is 11.3 Å². The summed E-state index contributed by atoms with van der Waals surface area (Å²) in [4.78, 5) is 5.38. The molecule has 5 nitrogen and oxygen atoms in total. The van der Waals surface area contributed by atoms with Crippen molar-refractivity contribution < 1.29 is 0 Å². The number of nitrogens with zero attached hydrogens (tertiary/aromatic N) is 4. The molecule has 176 valence electrons. The Morgan fingerprint density at radius 2 is 1.55 bits per heavy atom. The minimum absolute atomic E-state index is 0.550. The number of rotatable bonds is 3. The van der Waals surface area contributed by atoms with Gasteiger partial charge in [0, 0.05) is 36.8 Å². The van der Waals surface area contributed by atoms with Gasteiger partial charge < -0.3 is 10.6 Å². The number of nitrogens with two attached hydrogens (primary N) is 1. The third-order valence-corrected chi connectivity index (χ3v) is 8.02. The highest BCUT2D eigenvalue weighted by Gasteiger charge is 2.43. The molecular formula is C28H39N5. The zero-order valence-electron chi connectivity index (χ0n) is 20.1. The van der Waals surface area contributed by atoms with Crippen molar-refractivity contribution in [3.63, 3.8) is 0 Å². The molecule has 0 saturated carbocycles. The molecule has 2 aliphatic heterocycles. The predicted octanol–water partition coefficient (Wildman–Crippen LogP) is 5.68. The van der Waals surface area contributed by atoms with Crippen LogP contribution < -0.4 is 10.6 Å². The van der Waals surface area contributed by atoms with Crippen LogP contribution in [0.1, 0.15) is 64.7 Å². The van der Waals surface area contributed by atoms with Gasteiger partial charge in [0.25, 0.3) is 0 Å². The van der Waals surface area contributed by atoms with Crippen LogP contribution in [0, 0.1) is 5.92 Å². The minimum Gasteiger partial charge on any atom is -0.380 e. The fraction of sp³-hybridized carbons (Fsp3) is 0.571. The highest BCUT2D eigenvalue weighted by Crippen LogP contribution is 2.38. The number of allylic oxidation sites excluding steroid dienone is 1. The molecule has 2 saturated heterocycles. The number of anilines is 2. The fourth-order valence-electron chi connectivity index (χ4n) is 6.26. The van der Waals surface area contributed by atoms with E-state index in [-0.39, 0.29) is 0 Å². The summed E-state index contributed by atoms with van der Waals surface area (Å²) in [5.74, 6) is 1.38. The van der Waals surface area contributed by atoms with Crippen molar-refractivity contribution in [2.75, 3.05) is 23.7 Å². The van der Waals surface area contributed by atoms with Gasteiger partial charge in [0.15, 0.2) is 5.82 Å². The Hall–Kier alpha value is -2.40. The lowest BCUT2D eigenvalue weighted by Crippen LogP contribution is -2.57. The first-order chi connectivity index (χ1) is 16.2. The third kappa shape index (κ3) is 5.08. The summed E-state index contributed by atoms with van der Waals surface area (Å²) in [6, 6.07) is 14.3. The molecule has 0 radical (unpaired) electrons. The fourth-order valence-corrected chi connectivity index (χ4v) is 6.26. The zero-order chi connectivity index (χ0) is 22.6. The topological polar surface area (TPSA) is 58.3 Å². The SMILES string of the molecule is CC1C/C=C\CC(N2C3CCC2CN(c2cc(-c4ccccc4)nnc2N)C3)CCCCC1. The molecule has 0 amide bonds. The average Bonchev–Trinajstić information content (AvgIpc) is 3.07. The van der Waals surface area contributed by atoms with Crippen molar-refractivity contribution in [2.45, 2.75) is 82.8 Å². The van der Waals surface area contributed by atoms with Gasteiger partial charge in [0.2, 0.25) is 0 Å². The van der Waals surface area contributed by atoms with Crippen molar-refractivity contribution >= 4 is 11.5 Å². The van der Waals surface area contributed by atoms with Crippen LogP contribution in [0.4, 0.5) is 11.5 Å². The number of piperazine rings is 1. The first-order valence-corrected chi connectivity index (χ1v) is 13.0. The molecule has 1 aromatic heterocycles. The van der Waals surface area contributed by atoms with E-state index >= 15 is 0 Å². The van der Waals surface area contributed by atoms with Gasteiger partial charge in [-0.05, 0) is 44.1 Å². The maximum Gasteiger partial charge on any atom is 0.169 e. The molecule has 3 heterocycles. The van der Waals surface area contributed by atoms with Gasteiger partial charge in [0.05, 0.1) is 11.4 Å². The van der Waals surface area contributed by atoms with Gasteiger partial charge >= 0.3 is 0 Å². The van der Waals surface area contributed by atoms with Crippen LogP contribution in [-0.2, 0) is 0 Å². The smallest absolute Gasteiger partial charge is 0.169 e. The summed E-state index contributed by atoms with van der Waals surface area (Å²) >= 11 is 0. The van der Waals surface area contributed by atoms with Crippen LogP contribution in [0.3, 0.4) is 0 Å². The van der Waals surface area contributed by atoms with Gasteiger partial charge in [-0.3, -0.25) is 4.90 Å². The van der Waals surface area contributed by atoms with E-state index in [2.05, 4.69) is 57.3 Å². The van der Waals surface area contributed by atoms with Gasteiger partial charge in [-0.25, -0.2) is 0 Å². The lowest BCUT2D eigenvalue weighted by Gasteiger charge is -2.46. The second-order valence-electron chi connectivity index (χ2n) is 10.4. The van der Waals surface area contributed by atoms with Gasteiger partial charge in [0.1, 0.15) is 0 Å². The van der Waals surface area contributed by atoms with E-state index in [9.17, 15) is 0 Å². The summed E-state index contributed by atoms with van der Waals surface area (Å²) in [7, 11) is 0. The zero-order valence-corrected chi connectivity index (χ0v) is 20.1. The first-order valence-electron chi connectivity index (χ1n) is 13.0. The van der Waals surface area contributed by atoms with Crippen LogP contribution >= 0.6 is 0 Å². The summed E-state index contributed by atoms with van der Waals surface area (Å²) < 4.78 is 0. The van der Waals surface area contributed by atoms with Crippen LogP contribution in [-0.4, -0.2) is 46.3 Å². The molecule has 33 heavy (non-hydrogen) atoms. The molecule has 2 aromatic rings. The molecule has 5 heteroatoms. The average molecular weight is 446 g/mol. The standard InChI is InChI=1S/C28H39N5/c1-21-10-4-2-7-14-23(15-9-8-11-21)33-24-16-17-25(33)20-32(19-24)27-18-26(30-31-28(27)29)22-12-5-3-6-13-22/h3,5-6,8-9,12-13,18,21,23-25H,2,4,7,10-11,14-17,19-20H2,1H3,(H2,29,31)/b9-8-. The second-order valence-corrected chi connectivity index (χ2v) is 10.4. The molecule has 5 rings (SSSR count). The Kier molecular flexibility index (Phi) is 6.96. The maximum absolute atomic E-state index is 6.35. The summed E-state index contributed by atoms with van der Waals surface area (Å²) in [5.41, 5.74) is 9.39. The van der Waals surface area contributed by atoms with E-state index in [0.29, 0.717) is 23.9 Å². The largest absolute Gasteiger partial charge is 0.380 e. The first kappa shape index (κ1) is 22.4. The summed E-state index contributed by atoms with van der Waals surface area (Å²) in [6.07, 6.45) is 16.8. The molecule has 2 N–H and O–H groups in total. The normalized spacial score (nSPS) is 30.0. The van der Waals surface area contributed by atoms with Gasteiger partial charge in [-0.1, -0.05) is 75.1 Å². The van der Waals surface area contributed by atoms with E-state index in [1.807, 2.05) is 18.2 Å². The quantitative estimate of drug-likeness (QED) is 0.616. The Balaban J connectivity index is 1.32. The molecule has 2 bridgehead atoms. The number of nitrogen functional groups attached to an aromatic ring is 1. The number of hydrogen-bond acceptors (Lipinski definition) is 5. The number of hydrogen-bond donors (Lipinski definition) is 1. The molecule has 4 unspecified atom stereocenters. The Morgan fingerprint density at radius 1 is 0.818 bits per heavy atom. The monoisotopic (exact) mass is 445 g/mol. The Morgan fingerprint density at radius 3 is 2.33 bits per heavy atom. The molecule has 3 aliphatic rings. The Bertz CT molecular complexity index is 929. The minimum atomic E-state index is 0.550. The van der Waals surface area contributed by atoms with Crippen LogP contribution in [0.15, 0.2) is 48.6 Å². The number of benzene rings is 1. The molecular weight excluding hydrogens is 406 g/mol. The van der Waals surface area contributed by atoms with Crippen LogP contribution in [0.5, 0.6) is 0 Å². The van der Waals surface area contributed by atoms with E-state index in [0.717, 1.165) is 36.0 Å². The van der Waals surface area contributed by atoms with Crippen molar-refractivity contribution in [1.82, 2.24) is 15.1 Å². The van der Waals surface area contributed by atoms with Crippen molar-refractivity contribution in [1.29, 1.82) is 0 Å². The Labute approximate surface area is 199 Å². The molecule has 0 spiro atoms. The van der Waals surface area contributed by atoms with E-state index < -0.39 is 0 Å². The number of aromatic nitrogens is 2. The summed E-state index contributed by atoms with van der Waals surface area (Å²) in [5, 5.41) is 8.71. The van der Waals surface area contributed by atoms with E-state index in [1.165, 1.54) is 57.8 Å². The molecule has 4 atom stereocenters. The predicted molar refractivity (Wildman–Crippen MR) is 137 cm³/mol. The summed E-state index contributed by atoms with van der Waals surface area (Å²) in [6.45, 7) is 4.48. The van der Waals surface area contributed by atoms with E-state index in [1.54, 1.807) is 0 Å². The maximum atomic E-state index is 6.35. The molecule has 1 aliphatic carbocycles. The van der Waals surface area contributed by atoms with Gasteiger partial charge in [-0.2, -0.15) is 0 Å². The highest BCUT2D eigenvalue weighted by molar-refractivity contribution is 5.71. The lowest BCUT2D eigenvalue weighted by molar-refractivity contribution is 0.103. The molecule has 2 fully saturated rings. The van der Waals surface area contributed by atoms with Crippen molar-refractivity contribution in [2.24, 2.45) is 5.92 Å². The second kappa shape index (κ2) is 10.3. The number of fused-ring (bicyclic) bond motifs is 2. The van der Waals surface area contributed by atoms with Crippen LogP contribution in [0.2, 0.25) is 0 Å². The third-order valence-electron chi connectivity index (χ3n) is 8.02. The lowest BCUT2D eigenvalue weighted by atomic mass is 9.98. The molecule has 1 aromatic carbocycles. The highest BCUT2D eigenvalue weighted by atomic mass is 15.3. The van der Waals surface area contributed by atoms with Crippen molar-refractivity contribution in [3.05, 3.63) is 48.6 Å². The van der Waals surface area contributed by atoms with Gasteiger partial charge in [-0.15, -0.1) is 10.2 Å².